The zero-order valence-electron chi connectivity index (χ0n) is 28.2. The Bertz CT molecular complexity index is 590. The van der Waals surface area contributed by atoms with E-state index in [1.54, 1.807) is 13.0 Å². The molecule has 0 fully saturated rings. The van der Waals surface area contributed by atoms with Crippen molar-refractivity contribution in [3.05, 3.63) is 30.7 Å². The van der Waals surface area contributed by atoms with Crippen molar-refractivity contribution in [1.29, 1.82) is 0 Å². The molecule has 40 heavy (non-hydrogen) atoms. The van der Waals surface area contributed by atoms with Crippen LogP contribution in [0.5, 0.6) is 0 Å². The van der Waals surface area contributed by atoms with Crippen molar-refractivity contribution in [3.8, 4) is 0 Å². The van der Waals surface area contributed by atoms with Gasteiger partial charge in [0.2, 0.25) is 0 Å². The van der Waals surface area contributed by atoms with Crippen molar-refractivity contribution in [2.45, 2.75) is 128 Å². The van der Waals surface area contributed by atoms with Crippen LogP contribution in [0.4, 0.5) is 0 Å². The number of hydrogen-bond acceptors (Lipinski definition) is 5. The van der Waals surface area contributed by atoms with Gasteiger partial charge < -0.3 is 38.6 Å². The fourth-order valence-corrected chi connectivity index (χ4v) is 2.49. The second-order valence-electron chi connectivity index (χ2n) is 10.2. The maximum Gasteiger partial charge on any atom is 2.00 e. The molecule has 0 radical (unpaired) electrons. The van der Waals surface area contributed by atoms with Crippen LogP contribution >= 0.6 is 0 Å². The summed E-state index contributed by atoms with van der Waals surface area (Å²) < 4.78 is 5.38. The average Bonchev–Trinajstić information content (AvgIpc) is 2.86. The van der Waals surface area contributed by atoms with Crippen LogP contribution in [0.3, 0.4) is 0 Å². The summed E-state index contributed by atoms with van der Waals surface area (Å²) in [7, 11) is 0. The van der Waals surface area contributed by atoms with Crippen LogP contribution in [0.2, 0.25) is 0 Å². The van der Waals surface area contributed by atoms with Crippen LogP contribution in [0, 0.1) is 36.0 Å². The Morgan fingerprint density at radius 1 is 0.825 bits per heavy atom. The number of ether oxygens (including phenoxy) is 1. The van der Waals surface area contributed by atoms with E-state index in [2.05, 4.69) is 75.7 Å². The number of aliphatic hydroxyl groups excluding tert-OH is 1. The molecule has 0 heterocycles. The number of carboxylic acids is 1. The minimum Gasteiger partial charge on any atom is -1.00 e. The minimum absolute atomic E-state index is 0. The Labute approximate surface area is 270 Å². The van der Waals surface area contributed by atoms with Gasteiger partial charge >= 0.3 is 35.0 Å². The molecule has 0 aromatic carbocycles. The van der Waals surface area contributed by atoms with Gasteiger partial charge in [0.05, 0.1) is 6.10 Å². The van der Waals surface area contributed by atoms with Gasteiger partial charge in [-0.15, -0.1) is 0 Å². The molecule has 0 aliphatic heterocycles. The number of rotatable bonds is 11. The Morgan fingerprint density at radius 2 is 1.20 bits per heavy atom. The summed E-state index contributed by atoms with van der Waals surface area (Å²) in [6.45, 7) is 28.1. The van der Waals surface area contributed by atoms with E-state index in [1.165, 1.54) is 18.6 Å². The van der Waals surface area contributed by atoms with Crippen molar-refractivity contribution in [2.24, 2.45) is 29.6 Å². The van der Waals surface area contributed by atoms with E-state index < -0.39 is 5.97 Å². The molecule has 6 nitrogen and oxygen atoms in total. The molecule has 0 aliphatic rings. The number of aldehydes is 1. The average molecular weight is 604 g/mol. The molecule has 0 saturated carbocycles. The van der Waals surface area contributed by atoms with Gasteiger partial charge in [0.1, 0.15) is 12.4 Å². The molecular formula is C32H63ClMgO6. The summed E-state index contributed by atoms with van der Waals surface area (Å²) in [5.74, 6) is 0.729. The second kappa shape index (κ2) is 40.2. The monoisotopic (exact) mass is 602 g/mol. The number of aliphatic carboxylic acids is 1. The first-order valence-corrected chi connectivity index (χ1v) is 14.2. The molecule has 0 aliphatic carbocycles. The Morgan fingerprint density at radius 3 is 1.35 bits per heavy atom. The summed E-state index contributed by atoms with van der Waals surface area (Å²) in [6, 6.07) is 0. The van der Waals surface area contributed by atoms with Gasteiger partial charge in [-0.3, -0.25) is 0 Å². The van der Waals surface area contributed by atoms with Gasteiger partial charge in [-0.25, -0.2) is 9.59 Å². The quantitative estimate of drug-likeness (QED) is 0.114. The van der Waals surface area contributed by atoms with Gasteiger partial charge in [-0.05, 0) is 37.5 Å². The van der Waals surface area contributed by atoms with Crippen LogP contribution in [-0.2, 0) is 19.1 Å². The molecule has 0 aromatic rings. The zero-order chi connectivity index (χ0) is 31.3. The molecule has 0 aromatic heterocycles. The SMILES string of the molecule is C/C=C/C(=O)O.C/C=C/C(=O)OC(C(C)C)C(C)CC.CC(C)C=O.CCC(C)C(O)C(C)C.C[CH-]CC.[Cl-].[Mg+2]. The summed E-state index contributed by atoms with van der Waals surface area (Å²) in [5.41, 5.74) is 0. The van der Waals surface area contributed by atoms with Crippen LogP contribution in [0.15, 0.2) is 24.3 Å². The van der Waals surface area contributed by atoms with Crippen molar-refractivity contribution < 1.29 is 41.7 Å². The number of aliphatic hydroxyl groups is 1. The third kappa shape index (κ3) is 46.9. The van der Waals surface area contributed by atoms with Crippen molar-refractivity contribution in [2.75, 3.05) is 0 Å². The smallest absolute Gasteiger partial charge is 1.00 e. The van der Waals surface area contributed by atoms with E-state index in [1.807, 2.05) is 20.8 Å². The summed E-state index contributed by atoms with van der Waals surface area (Å²) in [4.78, 5) is 30.3. The molecule has 4 unspecified atom stereocenters. The summed E-state index contributed by atoms with van der Waals surface area (Å²) >= 11 is 0. The van der Waals surface area contributed by atoms with Gasteiger partial charge in [-0.1, -0.05) is 101 Å². The third-order valence-electron chi connectivity index (χ3n) is 5.32. The molecular weight excluding hydrogens is 540 g/mol. The Hall–Kier alpha value is -0.894. The zero-order valence-corrected chi connectivity index (χ0v) is 30.4. The standard InChI is InChI=1S/C12H22O2.C8H18O.C4H6O2.C4H8O.C4H9.ClH.Mg/c1-6-8-11(13)14-12(9(3)4)10(5)7-2;1-5-7(4)8(9)6(2)3;1-2-3-4(5)6;1-4(2)3-5;1-3-4-2;;/h6,8-10,12H,7H2,1-5H3;6-9H,5H2,1-4H3;2-3H,1H3,(H,5,6);3-4H,1-2H3;3H,4H2,1-2H3;1H;/q;;;;-1;;+2/p-1/b8-6+;;3-2+;;;;. The van der Waals surface area contributed by atoms with Crippen LogP contribution in [0.1, 0.15) is 116 Å². The number of carbonyl (C=O) groups is 3. The predicted octanol–water partition coefficient (Wildman–Crippen LogP) is 4.96. The number of esters is 1. The first kappa shape index (κ1) is 55.1. The van der Waals surface area contributed by atoms with Crippen LogP contribution in [-0.4, -0.2) is 63.7 Å². The minimum atomic E-state index is -0.891. The molecule has 0 spiro atoms. The molecule has 4 atom stereocenters. The molecule has 2 N–H and O–H groups in total. The van der Waals surface area contributed by atoms with E-state index in [0.29, 0.717) is 23.7 Å². The normalized spacial score (nSPS) is 12.8. The van der Waals surface area contributed by atoms with Crippen molar-refractivity contribution in [3.63, 3.8) is 0 Å². The molecule has 236 valence electrons. The summed E-state index contributed by atoms with van der Waals surface area (Å²) in [6.07, 6.45) is 12.0. The maximum atomic E-state index is 11.3. The van der Waals surface area contributed by atoms with Crippen molar-refractivity contribution >= 4 is 41.3 Å². The Balaban J connectivity index is -0.0000000728. The van der Waals surface area contributed by atoms with Crippen molar-refractivity contribution in [1.82, 2.24) is 0 Å². The van der Waals surface area contributed by atoms with Crippen LogP contribution < -0.4 is 12.4 Å². The number of hydrogen-bond donors (Lipinski definition) is 2. The van der Waals surface area contributed by atoms with Gasteiger partial charge in [0.25, 0.3) is 0 Å². The number of allylic oxidation sites excluding steroid dienone is 2. The number of halogens is 1. The molecule has 0 amide bonds. The van der Waals surface area contributed by atoms with E-state index in [0.717, 1.165) is 25.2 Å². The van der Waals surface area contributed by atoms with Gasteiger partial charge in [-0.2, -0.15) is 13.3 Å². The molecule has 0 saturated heterocycles. The largest absolute Gasteiger partial charge is 2.00 e. The number of unbranched alkanes of at least 4 members (excludes halogenated alkanes) is 1. The molecule has 0 rings (SSSR count). The maximum absolute atomic E-state index is 11.3. The first-order chi connectivity index (χ1) is 17.6. The predicted molar refractivity (Wildman–Crippen MR) is 169 cm³/mol. The fourth-order valence-electron chi connectivity index (χ4n) is 2.49. The first-order valence-electron chi connectivity index (χ1n) is 14.2. The summed E-state index contributed by atoms with van der Waals surface area (Å²) in [5, 5.41) is 17.2. The van der Waals surface area contributed by atoms with Gasteiger partial charge in [0.15, 0.2) is 0 Å². The third-order valence-corrected chi connectivity index (χ3v) is 5.32. The fraction of sp³-hybridized carbons (Fsp3) is 0.750. The molecule has 8 heteroatoms. The molecule has 0 bridgehead atoms. The van der Waals surface area contributed by atoms with Gasteiger partial charge in [0, 0.05) is 18.1 Å². The topological polar surface area (TPSA) is 101 Å². The van der Waals surface area contributed by atoms with E-state index in [-0.39, 0.29) is 59.6 Å². The van der Waals surface area contributed by atoms with E-state index >= 15 is 0 Å². The van der Waals surface area contributed by atoms with E-state index in [4.69, 9.17) is 9.84 Å². The van der Waals surface area contributed by atoms with E-state index in [9.17, 15) is 19.5 Å². The second-order valence-corrected chi connectivity index (χ2v) is 10.2. The Kier molecular flexibility index (Phi) is 55.4. The van der Waals surface area contributed by atoms with Crippen LogP contribution in [0.25, 0.3) is 0 Å². The number of carboxylic acid groups (broad SMARTS) is 1. The number of carbonyl (C=O) groups excluding carboxylic acids is 2.